The number of halogens is 1. The summed E-state index contributed by atoms with van der Waals surface area (Å²) < 4.78 is 13.4. The van der Waals surface area contributed by atoms with Crippen molar-refractivity contribution >= 4 is 45.6 Å². The predicted octanol–water partition coefficient (Wildman–Crippen LogP) is 3.82. The fourth-order valence-electron chi connectivity index (χ4n) is 6.52. The van der Waals surface area contributed by atoms with Crippen LogP contribution in [0.4, 0.5) is 23.1 Å². The Hall–Kier alpha value is -3.08. The van der Waals surface area contributed by atoms with Crippen molar-refractivity contribution in [3.05, 3.63) is 39.8 Å². The molecule has 3 fully saturated rings. The van der Waals surface area contributed by atoms with Crippen LogP contribution >= 0.6 is 11.6 Å². The lowest BCUT2D eigenvalue weighted by Crippen LogP contribution is -2.61. The molecule has 11 heteroatoms. The van der Waals surface area contributed by atoms with Gasteiger partial charge < -0.3 is 34.7 Å². The first-order chi connectivity index (χ1) is 18.8. The maximum absolute atomic E-state index is 13.1. The van der Waals surface area contributed by atoms with E-state index in [0.29, 0.717) is 67.2 Å². The molecule has 1 unspecified atom stereocenters. The highest BCUT2D eigenvalue weighted by Crippen LogP contribution is 2.42. The molecule has 4 atom stereocenters. The van der Waals surface area contributed by atoms with Gasteiger partial charge in [0, 0.05) is 30.6 Å². The van der Waals surface area contributed by atoms with E-state index in [1.54, 1.807) is 17.8 Å². The van der Waals surface area contributed by atoms with Gasteiger partial charge in [-0.3, -0.25) is 4.79 Å². The molecule has 39 heavy (non-hydrogen) atoms. The number of hydrogen-bond donors (Lipinski definition) is 3. The first-order valence-electron chi connectivity index (χ1n) is 13.7. The highest BCUT2D eigenvalue weighted by molar-refractivity contribution is 6.33. The van der Waals surface area contributed by atoms with Gasteiger partial charge in [0.25, 0.3) is 5.56 Å². The number of aryl methyl sites for hydroxylation is 1. The normalized spacial score (nSPS) is 28.3. The molecule has 1 aliphatic carbocycles. The number of anilines is 4. The van der Waals surface area contributed by atoms with Crippen LogP contribution in [0.15, 0.2) is 29.2 Å². The quantitative estimate of drug-likeness (QED) is 0.444. The highest BCUT2D eigenvalue weighted by atomic mass is 35.5. The van der Waals surface area contributed by atoms with Crippen molar-refractivity contribution in [2.45, 2.75) is 62.8 Å². The van der Waals surface area contributed by atoms with Gasteiger partial charge in [0.05, 0.1) is 54.9 Å². The molecule has 5 heterocycles. The Morgan fingerprint density at radius 3 is 2.72 bits per heavy atom. The summed E-state index contributed by atoms with van der Waals surface area (Å²) in [4.78, 5) is 24.7. The Morgan fingerprint density at radius 2 is 1.97 bits per heavy atom. The Morgan fingerprint density at radius 1 is 1.21 bits per heavy atom. The second-order valence-corrected chi connectivity index (χ2v) is 12.1. The monoisotopic (exact) mass is 552 g/mol. The van der Waals surface area contributed by atoms with Gasteiger partial charge in [-0.2, -0.15) is 4.98 Å². The van der Waals surface area contributed by atoms with E-state index >= 15 is 0 Å². The number of nitrogens with one attached hydrogen (secondary N) is 2. The number of pyridine rings is 1. The van der Waals surface area contributed by atoms with Crippen LogP contribution in [0.1, 0.15) is 39.0 Å². The average Bonchev–Trinajstić information content (AvgIpc) is 3.74. The summed E-state index contributed by atoms with van der Waals surface area (Å²) in [6.45, 7) is 3.45. The largest absolute Gasteiger partial charge is 0.486 e. The summed E-state index contributed by atoms with van der Waals surface area (Å²) in [6.07, 6.45) is 6.08. The number of aromatic nitrogens is 3. The molecular weight excluding hydrogens is 520 g/mol. The van der Waals surface area contributed by atoms with Gasteiger partial charge in [-0.15, -0.1) is 0 Å². The van der Waals surface area contributed by atoms with Gasteiger partial charge in [0.2, 0.25) is 11.7 Å². The second kappa shape index (κ2) is 9.25. The zero-order valence-corrected chi connectivity index (χ0v) is 22.9. The van der Waals surface area contributed by atoms with Gasteiger partial charge in [-0.05, 0) is 56.7 Å². The zero-order valence-electron chi connectivity index (χ0n) is 22.1. The van der Waals surface area contributed by atoms with E-state index in [9.17, 15) is 9.90 Å². The van der Waals surface area contributed by atoms with E-state index < -0.39 is 5.60 Å². The predicted molar refractivity (Wildman–Crippen MR) is 150 cm³/mol. The third-order valence-corrected chi connectivity index (χ3v) is 8.81. The summed E-state index contributed by atoms with van der Waals surface area (Å²) in [5.41, 5.74) is 1.49. The van der Waals surface area contributed by atoms with Crippen molar-refractivity contribution in [1.82, 2.24) is 14.5 Å². The molecule has 4 aliphatic rings. The van der Waals surface area contributed by atoms with E-state index in [2.05, 4.69) is 20.5 Å². The number of morpholine rings is 1. The maximum atomic E-state index is 13.1. The molecule has 2 saturated heterocycles. The topological polar surface area (TPSA) is 114 Å². The molecule has 2 aromatic heterocycles. The van der Waals surface area contributed by atoms with E-state index in [1.807, 2.05) is 25.1 Å². The molecule has 206 valence electrons. The lowest BCUT2D eigenvalue weighted by atomic mass is 9.83. The van der Waals surface area contributed by atoms with Gasteiger partial charge >= 0.3 is 0 Å². The Labute approximate surface area is 231 Å². The Kier molecular flexibility index (Phi) is 5.91. The summed E-state index contributed by atoms with van der Waals surface area (Å²) >= 11 is 6.56. The minimum atomic E-state index is -0.734. The molecule has 0 spiro atoms. The van der Waals surface area contributed by atoms with Crippen molar-refractivity contribution in [1.29, 1.82) is 0 Å². The smallest absolute Gasteiger partial charge is 0.295 e. The first-order valence-corrected chi connectivity index (χ1v) is 14.1. The number of hydrogen-bond acceptors (Lipinski definition) is 9. The van der Waals surface area contributed by atoms with E-state index in [1.165, 1.54) is 12.8 Å². The Bertz CT molecular complexity index is 1490. The van der Waals surface area contributed by atoms with Gasteiger partial charge in [-0.25, -0.2) is 4.98 Å². The van der Waals surface area contributed by atoms with E-state index in [0.717, 1.165) is 28.7 Å². The fraction of sp³-hybridized carbons (Fsp3) is 0.536. The third kappa shape index (κ3) is 4.48. The number of piperidine rings is 1. The third-order valence-electron chi connectivity index (χ3n) is 8.53. The number of rotatable bonds is 4. The van der Waals surface area contributed by atoms with Crippen LogP contribution in [-0.2, 0) is 11.8 Å². The zero-order chi connectivity index (χ0) is 26.9. The van der Waals surface area contributed by atoms with Crippen LogP contribution in [0, 0.1) is 5.92 Å². The number of nitrogens with zero attached hydrogens (tertiary/aromatic N) is 4. The fourth-order valence-corrected chi connectivity index (χ4v) is 6.66. The van der Waals surface area contributed by atoms with Crippen molar-refractivity contribution in [3.63, 3.8) is 0 Å². The molecular formula is C28H33ClN6O4. The standard InChI is InChI=1S/C28H33ClN6O4/c1-28(37)10-17-13-38-14-18(11-28)35(17)27-30-12-20(29)25(33-27)31-16-5-6-22-19(9-16)23-24(26(36)34(22)2)39-8-7-21(32-23)15-3-4-15/h5-6,9,12,15,17-18,21,32,37H,3-4,7-8,10-11,13-14H2,1-2H3,(H,30,31,33)/t17-,18+,21-,28?/m1/s1. The minimum Gasteiger partial charge on any atom is -0.486 e. The van der Waals surface area contributed by atoms with Crippen LogP contribution in [0.5, 0.6) is 5.75 Å². The number of ether oxygens (including phenoxy) is 2. The summed E-state index contributed by atoms with van der Waals surface area (Å²) in [5.74, 6) is 2.06. The second-order valence-electron chi connectivity index (χ2n) is 11.7. The summed E-state index contributed by atoms with van der Waals surface area (Å²) in [7, 11) is 1.77. The van der Waals surface area contributed by atoms with Crippen LogP contribution in [0.2, 0.25) is 5.02 Å². The van der Waals surface area contributed by atoms with Gasteiger partial charge in [-0.1, -0.05) is 11.6 Å². The van der Waals surface area contributed by atoms with Crippen molar-refractivity contribution in [3.8, 4) is 5.75 Å². The number of aliphatic hydroxyl groups is 1. The summed E-state index contributed by atoms with van der Waals surface area (Å²) in [6, 6.07) is 6.14. The van der Waals surface area contributed by atoms with Gasteiger partial charge in [0.1, 0.15) is 5.02 Å². The van der Waals surface area contributed by atoms with Gasteiger partial charge in [0.15, 0.2) is 5.82 Å². The molecule has 3 N–H and O–H groups in total. The highest BCUT2D eigenvalue weighted by Gasteiger charge is 2.45. The molecule has 7 rings (SSSR count). The molecule has 2 bridgehead atoms. The van der Waals surface area contributed by atoms with Crippen molar-refractivity contribution < 1.29 is 14.6 Å². The lowest BCUT2D eigenvalue weighted by Gasteiger charge is -2.50. The molecule has 1 saturated carbocycles. The van der Waals surface area contributed by atoms with Crippen LogP contribution in [0.25, 0.3) is 10.9 Å². The average molecular weight is 553 g/mol. The van der Waals surface area contributed by atoms with Crippen LogP contribution < -0.4 is 25.8 Å². The number of fused-ring (bicyclic) bond motifs is 5. The molecule has 0 radical (unpaired) electrons. The first kappa shape index (κ1) is 24.9. The van der Waals surface area contributed by atoms with Crippen molar-refractivity contribution in [2.24, 2.45) is 13.0 Å². The summed E-state index contributed by atoms with van der Waals surface area (Å²) in [5, 5.41) is 19.1. The molecule has 3 aromatic rings. The SMILES string of the molecule is Cn1c(=O)c2c(c3cc(Nc4nc(N5[C@@H]6COC[C@H]5CC(C)(O)C6)ncc4Cl)ccc31)N[C@@H](C1CC1)CCO2. The lowest BCUT2D eigenvalue weighted by molar-refractivity contribution is -0.0501. The van der Waals surface area contributed by atoms with Crippen LogP contribution in [-0.4, -0.2) is 63.2 Å². The molecule has 0 amide bonds. The van der Waals surface area contributed by atoms with Crippen LogP contribution in [0.3, 0.4) is 0 Å². The molecule has 3 aliphatic heterocycles. The van der Waals surface area contributed by atoms with E-state index in [4.69, 9.17) is 26.1 Å². The number of benzene rings is 1. The van der Waals surface area contributed by atoms with Crippen molar-refractivity contribution in [2.75, 3.05) is 35.4 Å². The maximum Gasteiger partial charge on any atom is 0.295 e. The van der Waals surface area contributed by atoms with E-state index in [-0.39, 0.29) is 17.6 Å². The molecule has 1 aromatic carbocycles. The minimum absolute atomic E-state index is 0.00979. The Balaban J connectivity index is 1.24. The molecule has 10 nitrogen and oxygen atoms in total.